The summed E-state index contributed by atoms with van der Waals surface area (Å²) in [6.07, 6.45) is 0. The Labute approximate surface area is 72.8 Å². The normalized spacial score (nSPS) is 19.6. The van der Waals surface area contributed by atoms with Crippen molar-refractivity contribution < 1.29 is 4.21 Å². The van der Waals surface area contributed by atoms with Crippen molar-refractivity contribution in [3.63, 3.8) is 0 Å². The van der Waals surface area contributed by atoms with Gasteiger partial charge in [-0.3, -0.25) is 0 Å². The van der Waals surface area contributed by atoms with E-state index in [4.69, 9.17) is 5.73 Å². The number of aliphatic imine (C=N–C) groups is 1. The average molecular weight is 180 g/mol. The molecule has 0 aliphatic carbocycles. The molecule has 1 aliphatic heterocycles. The minimum Gasteiger partial charge on any atom is -0.398 e. The fraction of sp³-hybridized carbons (Fsp3) is 0.125. The first-order valence-electron chi connectivity index (χ1n) is 3.53. The predicted molar refractivity (Wildman–Crippen MR) is 50.2 cm³/mol. The molecule has 2 rings (SSSR count). The number of rotatable bonds is 0. The topological polar surface area (TPSA) is 55.5 Å². The van der Waals surface area contributed by atoms with E-state index in [1.54, 1.807) is 6.07 Å². The van der Waals surface area contributed by atoms with E-state index in [2.05, 4.69) is 4.99 Å². The molecule has 1 aromatic carbocycles. The van der Waals surface area contributed by atoms with Crippen LogP contribution in [0.25, 0.3) is 0 Å². The summed E-state index contributed by atoms with van der Waals surface area (Å²) >= 11 is 0. The summed E-state index contributed by atoms with van der Waals surface area (Å²) < 4.78 is 11.2. The van der Waals surface area contributed by atoms with Crippen LogP contribution in [-0.2, 0) is 10.8 Å². The zero-order chi connectivity index (χ0) is 8.72. The number of fused-ring (bicyclic) bond motifs is 1. The molecule has 1 unspecified atom stereocenters. The van der Waals surface area contributed by atoms with E-state index in [0.717, 1.165) is 16.1 Å². The second-order valence-electron chi connectivity index (χ2n) is 2.71. The van der Waals surface area contributed by atoms with Crippen molar-refractivity contribution in [2.75, 3.05) is 5.73 Å². The second kappa shape index (κ2) is 2.42. The summed E-state index contributed by atoms with van der Waals surface area (Å²) in [6.45, 7) is 1.91. The maximum atomic E-state index is 11.2. The molecular formula is C8H8N2OS. The van der Waals surface area contributed by atoms with Gasteiger partial charge < -0.3 is 5.73 Å². The first-order valence-corrected chi connectivity index (χ1v) is 4.74. The average Bonchev–Trinajstić information content (AvgIpc) is 2.35. The quantitative estimate of drug-likeness (QED) is 0.613. The molecule has 0 aromatic heterocycles. The number of nitrogen functional groups attached to an aromatic ring is 1. The SMILES string of the molecule is Cc1cc2c(cc1N)S(=O)C=N2. The van der Waals surface area contributed by atoms with Crippen LogP contribution in [0, 0.1) is 6.92 Å². The molecule has 0 fully saturated rings. The Morgan fingerprint density at radius 1 is 1.50 bits per heavy atom. The van der Waals surface area contributed by atoms with Gasteiger partial charge in [0.2, 0.25) is 0 Å². The van der Waals surface area contributed by atoms with E-state index in [1.165, 1.54) is 5.55 Å². The Morgan fingerprint density at radius 2 is 2.25 bits per heavy atom. The molecule has 0 spiro atoms. The minimum atomic E-state index is -1.09. The lowest BCUT2D eigenvalue weighted by molar-refractivity contribution is 0.691. The molecule has 2 N–H and O–H groups in total. The highest BCUT2D eigenvalue weighted by atomic mass is 32.2. The summed E-state index contributed by atoms with van der Waals surface area (Å²) in [5, 5.41) is 0. The lowest BCUT2D eigenvalue weighted by Crippen LogP contribution is -1.92. The molecule has 1 atom stereocenters. The highest BCUT2D eigenvalue weighted by Crippen LogP contribution is 2.31. The smallest absolute Gasteiger partial charge is 0.0985 e. The van der Waals surface area contributed by atoms with E-state index < -0.39 is 10.8 Å². The zero-order valence-electron chi connectivity index (χ0n) is 6.57. The second-order valence-corrected chi connectivity index (χ2v) is 3.95. The summed E-state index contributed by atoms with van der Waals surface area (Å²) in [6, 6.07) is 3.58. The fourth-order valence-electron chi connectivity index (χ4n) is 1.11. The summed E-state index contributed by atoms with van der Waals surface area (Å²) in [4.78, 5) is 4.72. The van der Waals surface area contributed by atoms with E-state index in [0.29, 0.717) is 5.69 Å². The third kappa shape index (κ3) is 0.956. The lowest BCUT2D eigenvalue weighted by atomic mass is 10.2. The number of benzene rings is 1. The molecule has 0 saturated heterocycles. The molecule has 1 aliphatic rings. The van der Waals surface area contributed by atoms with E-state index in [9.17, 15) is 4.21 Å². The maximum absolute atomic E-state index is 11.2. The molecule has 62 valence electrons. The van der Waals surface area contributed by atoms with Crippen LogP contribution < -0.4 is 5.73 Å². The highest BCUT2D eigenvalue weighted by Gasteiger charge is 2.14. The summed E-state index contributed by atoms with van der Waals surface area (Å²) in [7, 11) is -1.09. The van der Waals surface area contributed by atoms with Gasteiger partial charge in [-0.25, -0.2) is 9.20 Å². The van der Waals surface area contributed by atoms with Crippen molar-refractivity contribution in [3.8, 4) is 0 Å². The summed E-state index contributed by atoms with van der Waals surface area (Å²) in [5.41, 5.74) is 9.53. The Hall–Kier alpha value is -1.16. The third-order valence-corrected chi connectivity index (χ3v) is 2.91. The molecular weight excluding hydrogens is 172 g/mol. The predicted octanol–water partition coefficient (Wildman–Crippen LogP) is 1.36. The van der Waals surface area contributed by atoms with Crippen molar-refractivity contribution in [1.82, 2.24) is 0 Å². The van der Waals surface area contributed by atoms with Crippen LogP contribution in [0.5, 0.6) is 0 Å². The molecule has 0 saturated carbocycles. The van der Waals surface area contributed by atoms with Crippen LogP contribution in [-0.4, -0.2) is 9.76 Å². The number of aryl methyl sites for hydroxylation is 1. The molecule has 1 heterocycles. The van der Waals surface area contributed by atoms with Crippen LogP contribution >= 0.6 is 0 Å². The van der Waals surface area contributed by atoms with Gasteiger partial charge in [-0.15, -0.1) is 0 Å². The number of nitrogens with zero attached hydrogens (tertiary/aromatic N) is 1. The van der Waals surface area contributed by atoms with Gasteiger partial charge in [0.25, 0.3) is 0 Å². The van der Waals surface area contributed by atoms with E-state index in [-0.39, 0.29) is 0 Å². The molecule has 0 amide bonds. The number of anilines is 1. The van der Waals surface area contributed by atoms with Gasteiger partial charge in [-0.1, -0.05) is 0 Å². The number of nitrogens with two attached hydrogens (primary N) is 1. The molecule has 0 radical (unpaired) electrons. The van der Waals surface area contributed by atoms with Crippen molar-refractivity contribution in [2.24, 2.45) is 4.99 Å². The minimum absolute atomic E-state index is 0.674. The first-order chi connectivity index (χ1) is 5.68. The third-order valence-electron chi connectivity index (χ3n) is 1.85. The molecule has 4 heteroatoms. The largest absolute Gasteiger partial charge is 0.398 e. The van der Waals surface area contributed by atoms with Gasteiger partial charge in [-0.05, 0) is 24.6 Å². The van der Waals surface area contributed by atoms with Crippen LogP contribution in [0.15, 0.2) is 22.0 Å². The van der Waals surface area contributed by atoms with Gasteiger partial charge in [0.15, 0.2) is 0 Å². The van der Waals surface area contributed by atoms with Crippen molar-refractivity contribution in [2.45, 2.75) is 11.8 Å². The van der Waals surface area contributed by atoms with Crippen molar-refractivity contribution in [3.05, 3.63) is 17.7 Å². The van der Waals surface area contributed by atoms with Crippen molar-refractivity contribution >= 4 is 27.7 Å². The zero-order valence-corrected chi connectivity index (χ0v) is 7.39. The van der Waals surface area contributed by atoms with Crippen LogP contribution in [0.2, 0.25) is 0 Å². The van der Waals surface area contributed by atoms with Crippen LogP contribution in [0.4, 0.5) is 11.4 Å². The van der Waals surface area contributed by atoms with Crippen molar-refractivity contribution in [1.29, 1.82) is 0 Å². The molecule has 0 bridgehead atoms. The van der Waals surface area contributed by atoms with Gasteiger partial charge in [0.05, 0.1) is 26.9 Å². The fourth-order valence-corrected chi connectivity index (χ4v) is 2.00. The maximum Gasteiger partial charge on any atom is 0.0985 e. The van der Waals surface area contributed by atoms with Gasteiger partial charge >= 0.3 is 0 Å². The molecule has 3 nitrogen and oxygen atoms in total. The summed E-state index contributed by atoms with van der Waals surface area (Å²) in [5.74, 6) is 0. The Kier molecular flexibility index (Phi) is 1.51. The Balaban J connectivity index is 2.69. The standard InChI is InChI=1S/C8H8N2OS/c1-5-2-7-8(3-6(5)9)12(11)4-10-7/h2-4H,9H2,1H3. The van der Waals surface area contributed by atoms with Gasteiger partial charge in [0.1, 0.15) is 0 Å². The monoisotopic (exact) mass is 180 g/mol. The number of hydrogen-bond donors (Lipinski definition) is 1. The lowest BCUT2D eigenvalue weighted by Gasteiger charge is -2.01. The van der Waals surface area contributed by atoms with E-state index >= 15 is 0 Å². The van der Waals surface area contributed by atoms with Gasteiger partial charge in [0, 0.05) is 5.69 Å². The van der Waals surface area contributed by atoms with Crippen LogP contribution in [0.3, 0.4) is 0 Å². The van der Waals surface area contributed by atoms with Gasteiger partial charge in [-0.2, -0.15) is 0 Å². The molecule has 1 aromatic rings. The van der Waals surface area contributed by atoms with Crippen LogP contribution in [0.1, 0.15) is 5.56 Å². The first kappa shape index (κ1) is 7.49. The Morgan fingerprint density at radius 3 is 3.00 bits per heavy atom. The van der Waals surface area contributed by atoms with E-state index in [1.807, 2.05) is 13.0 Å². The Bertz CT molecular complexity index is 398. The number of hydrogen-bond acceptors (Lipinski definition) is 3. The molecule has 12 heavy (non-hydrogen) atoms. The highest BCUT2D eigenvalue weighted by molar-refractivity contribution is 7.99.